The van der Waals surface area contributed by atoms with E-state index in [4.69, 9.17) is 9.47 Å². The molecule has 1 fully saturated rings. The van der Waals surface area contributed by atoms with Crippen LogP contribution in [-0.4, -0.2) is 32.0 Å². The number of nitrogens with one attached hydrogen (secondary N) is 1. The van der Waals surface area contributed by atoms with Crippen LogP contribution in [-0.2, 0) is 9.47 Å². The van der Waals surface area contributed by atoms with E-state index < -0.39 is 0 Å². The van der Waals surface area contributed by atoms with Gasteiger partial charge in [0.1, 0.15) is 0 Å². The Bertz CT molecular complexity index is 155. The van der Waals surface area contributed by atoms with Gasteiger partial charge in [0.05, 0.1) is 6.61 Å². The summed E-state index contributed by atoms with van der Waals surface area (Å²) in [4.78, 5) is 11.1. The van der Waals surface area contributed by atoms with Gasteiger partial charge in [0.25, 0.3) is 0 Å². The van der Waals surface area contributed by atoms with E-state index in [2.05, 4.69) is 5.32 Å². The van der Waals surface area contributed by atoms with E-state index in [9.17, 15) is 4.79 Å². The number of carbonyl (C=O) groups excluding carboxylic acids is 1. The zero-order valence-electron chi connectivity index (χ0n) is 8.04. The SMILES string of the molecule is CCCOC(=O)NC1CCOCC1. The van der Waals surface area contributed by atoms with E-state index in [1.807, 2.05) is 6.92 Å². The van der Waals surface area contributed by atoms with E-state index in [0.29, 0.717) is 6.61 Å². The zero-order chi connectivity index (χ0) is 9.52. The molecule has 13 heavy (non-hydrogen) atoms. The first-order valence-corrected chi connectivity index (χ1v) is 4.84. The van der Waals surface area contributed by atoms with Gasteiger partial charge in [0.2, 0.25) is 0 Å². The first-order chi connectivity index (χ1) is 6.33. The van der Waals surface area contributed by atoms with Gasteiger partial charge in [-0.15, -0.1) is 0 Å². The fraction of sp³-hybridized carbons (Fsp3) is 0.889. The normalized spacial score (nSPS) is 18.2. The Morgan fingerprint density at radius 1 is 1.54 bits per heavy atom. The lowest BCUT2D eigenvalue weighted by molar-refractivity contribution is 0.0734. The summed E-state index contributed by atoms with van der Waals surface area (Å²) >= 11 is 0. The van der Waals surface area contributed by atoms with Gasteiger partial charge in [-0.1, -0.05) is 6.92 Å². The first kappa shape index (κ1) is 10.3. The highest BCUT2D eigenvalue weighted by Gasteiger charge is 2.16. The molecule has 0 aromatic carbocycles. The molecule has 4 heteroatoms. The van der Waals surface area contributed by atoms with Crippen molar-refractivity contribution in [1.29, 1.82) is 0 Å². The van der Waals surface area contributed by atoms with Crippen molar-refractivity contribution >= 4 is 6.09 Å². The Labute approximate surface area is 78.6 Å². The fourth-order valence-electron chi connectivity index (χ4n) is 1.25. The molecule has 4 nitrogen and oxygen atoms in total. The zero-order valence-corrected chi connectivity index (χ0v) is 8.04. The second-order valence-corrected chi connectivity index (χ2v) is 3.17. The molecule has 1 amide bonds. The highest BCUT2D eigenvalue weighted by molar-refractivity contribution is 5.67. The molecule has 0 aromatic rings. The molecule has 0 atom stereocenters. The average molecular weight is 187 g/mol. The lowest BCUT2D eigenvalue weighted by Crippen LogP contribution is -2.39. The second kappa shape index (κ2) is 5.80. The van der Waals surface area contributed by atoms with Crippen LogP contribution in [0, 0.1) is 0 Å². The molecule has 1 saturated heterocycles. The van der Waals surface area contributed by atoms with Crippen molar-refractivity contribution in [2.24, 2.45) is 0 Å². The third-order valence-corrected chi connectivity index (χ3v) is 1.98. The summed E-state index contributed by atoms with van der Waals surface area (Å²) in [5.74, 6) is 0. The van der Waals surface area contributed by atoms with Crippen LogP contribution in [0.5, 0.6) is 0 Å². The largest absolute Gasteiger partial charge is 0.450 e. The number of ether oxygens (including phenoxy) is 2. The van der Waals surface area contributed by atoms with Gasteiger partial charge in [-0.2, -0.15) is 0 Å². The highest BCUT2D eigenvalue weighted by atomic mass is 16.5. The van der Waals surface area contributed by atoms with Gasteiger partial charge in [-0.3, -0.25) is 0 Å². The number of alkyl carbamates (subject to hydrolysis) is 1. The molecule has 1 N–H and O–H groups in total. The number of carbonyl (C=O) groups is 1. The van der Waals surface area contributed by atoms with Crippen molar-refractivity contribution in [2.45, 2.75) is 32.2 Å². The van der Waals surface area contributed by atoms with Crippen molar-refractivity contribution in [1.82, 2.24) is 5.32 Å². The fourth-order valence-corrected chi connectivity index (χ4v) is 1.25. The Morgan fingerprint density at radius 3 is 2.85 bits per heavy atom. The van der Waals surface area contributed by atoms with Crippen LogP contribution in [0.3, 0.4) is 0 Å². The molecule has 0 unspecified atom stereocenters. The van der Waals surface area contributed by atoms with Crippen LogP contribution in [0.4, 0.5) is 4.79 Å². The minimum Gasteiger partial charge on any atom is -0.450 e. The summed E-state index contributed by atoms with van der Waals surface area (Å²) in [6.07, 6.45) is 2.35. The highest BCUT2D eigenvalue weighted by Crippen LogP contribution is 2.06. The van der Waals surface area contributed by atoms with Gasteiger partial charge in [-0.05, 0) is 19.3 Å². The maximum atomic E-state index is 11.1. The number of hydrogen-bond acceptors (Lipinski definition) is 3. The van der Waals surface area contributed by atoms with Crippen LogP contribution in [0.2, 0.25) is 0 Å². The van der Waals surface area contributed by atoms with Gasteiger partial charge < -0.3 is 14.8 Å². The Hall–Kier alpha value is -0.770. The molecule has 0 radical (unpaired) electrons. The Morgan fingerprint density at radius 2 is 2.23 bits per heavy atom. The second-order valence-electron chi connectivity index (χ2n) is 3.17. The van der Waals surface area contributed by atoms with Crippen LogP contribution in [0.1, 0.15) is 26.2 Å². The smallest absolute Gasteiger partial charge is 0.407 e. The van der Waals surface area contributed by atoms with Crippen molar-refractivity contribution in [2.75, 3.05) is 19.8 Å². The summed E-state index contributed by atoms with van der Waals surface area (Å²) in [6, 6.07) is 0.234. The molecular formula is C9H17NO3. The minimum absolute atomic E-state index is 0.234. The summed E-state index contributed by atoms with van der Waals surface area (Å²) < 4.78 is 10.1. The van der Waals surface area contributed by atoms with Crippen LogP contribution in [0.25, 0.3) is 0 Å². The molecule has 0 spiro atoms. The van der Waals surface area contributed by atoms with E-state index in [1.54, 1.807) is 0 Å². The average Bonchev–Trinajstić information content (AvgIpc) is 2.16. The van der Waals surface area contributed by atoms with Crippen molar-refractivity contribution in [3.63, 3.8) is 0 Å². The van der Waals surface area contributed by atoms with Gasteiger partial charge in [-0.25, -0.2) is 4.79 Å². The van der Waals surface area contributed by atoms with Gasteiger partial charge in [0, 0.05) is 19.3 Å². The molecule has 76 valence electrons. The van der Waals surface area contributed by atoms with E-state index >= 15 is 0 Å². The Balaban J connectivity index is 2.11. The van der Waals surface area contributed by atoms with Crippen molar-refractivity contribution in [3.8, 4) is 0 Å². The molecule has 1 rings (SSSR count). The van der Waals surface area contributed by atoms with Crippen LogP contribution < -0.4 is 5.32 Å². The third kappa shape index (κ3) is 4.12. The Kier molecular flexibility index (Phi) is 4.60. The predicted molar refractivity (Wildman–Crippen MR) is 48.6 cm³/mol. The van der Waals surface area contributed by atoms with Crippen LogP contribution in [0.15, 0.2) is 0 Å². The maximum absolute atomic E-state index is 11.1. The molecule has 0 aromatic heterocycles. The minimum atomic E-state index is -0.297. The standard InChI is InChI=1S/C9H17NO3/c1-2-5-13-9(11)10-8-3-6-12-7-4-8/h8H,2-7H2,1H3,(H,10,11). The van der Waals surface area contributed by atoms with Gasteiger partial charge >= 0.3 is 6.09 Å². The van der Waals surface area contributed by atoms with E-state index in [-0.39, 0.29) is 12.1 Å². The lowest BCUT2D eigenvalue weighted by Gasteiger charge is -2.22. The number of amides is 1. The topological polar surface area (TPSA) is 47.6 Å². The molecule has 0 saturated carbocycles. The van der Waals surface area contributed by atoms with Crippen molar-refractivity contribution < 1.29 is 14.3 Å². The summed E-state index contributed by atoms with van der Waals surface area (Å²) in [5, 5.41) is 2.81. The molecule has 1 aliphatic rings. The lowest BCUT2D eigenvalue weighted by atomic mass is 10.1. The summed E-state index contributed by atoms with van der Waals surface area (Å²) in [6.45, 7) is 3.94. The number of hydrogen-bond donors (Lipinski definition) is 1. The predicted octanol–water partition coefficient (Wildman–Crippen LogP) is 1.30. The van der Waals surface area contributed by atoms with Gasteiger partial charge in [0.15, 0.2) is 0 Å². The monoisotopic (exact) mass is 187 g/mol. The molecule has 0 aliphatic carbocycles. The quantitative estimate of drug-likeness (QED) is 0.724. The summed E-state index contributed by atoms with van der Waals surface area (Å²) in [7, 11) is 0. The molecule has 1 heterocycles. The van der Waals surface area contributed by atoms with E-state index in [1.165, 1.54) is 0 Å². The maximum Gasteiger partial charge on any atom is 0.407 e. The van der Waals surface area contributed by atoms with Crippen LogP contribution >= 0.6 is 0 Å². The first-order valence-electron chi connectivity index (χ1n) is 4.84. The van der Waals surface area contributed by atoms with E-state index in [0.717, 1.165) is 32.5 Å². The molecule has 1 aliphatic heterocycles. The molecule has 0 bridgehead atoms. The third-order valence-electron chi connectivity index (χ3n) is 1.98. The number of rotatable bonds is 3. The van der Waals surface area contributed by atoms with Crippen molar-refractivity contribution in [3.05, 3.63) is 0 Å². The molecular weight excluding hydrogens is 170 g/mol. The summed E-state index contributed by atoms with van der Waals surface area (Å²) in [5.41, 5.74) is 0.